The first-order chi connectivity index (χ1) is 10.2. The third-order valence-electron chi connectivity index (χ3n) is 5.11. The first kappa shape index (κ1) is 15.0. The molecule has 0 bridgehead atoms. The SMILES string of the molecule is CC1CN(CC2(c3ccccc3)CCNCC2)CC(C)N1. The largest absolute Gasteiger partial charge is 0.317 e. The summed E-state index contributed by atoms with van der Waals surface area (Å²) in [6, 6.07) is 12.4. The van der Waals surface area contributed by atoms with E-state index in [0.717, 1.165) is 13.1 Å². The summed E-state index contributed by atoms with van der Waals surface area (Å²) in [5, 5.41) is 7.18. The molecule has 3 nitrogen and oxygen atoms in total. The van der Waals surface area contributed by atoms with E-state index in [1.54, 1.807) is 0 Å². The number of hydrogen-bond donors (Lipinski definition) is 2. The van der Waals surface area contributed by atoms with Crippen molar-refractivity contribution >= 4 is 0 Å². The summed E-state index contributed by atoms with van der Waals surface area (Å²) >= 11 is 0. The topological polar surface area (TPSA) is 27.3 Å². The second kappa shape index (κ2) is 6.47. The molecule has 2 aliphatic heterocycles. The van der Waals surface area contributed by atoms with Crippen molar-refractivity contribution in [3.63, 3.8) is 0 Å². The molecule has 1 aromatic carbocycles. The van der Waals surface area contributed by atoms with Crippen LogP contribution < -0.4 is 10.6 Å². The number of nitrogens with zero attached hydrogens (tertiary/aromatic N) is 1. The van der Waals surface area contributed by atoms with Gasteiger partial charge in [-0.2, -0.15) is 0 Å². The van der Waals surface area contributed by atoms with Crippen molar-refractivity contribution in [2.24, 2.45) is 0 Å². The Bertz CT molecular complexity index is 429. The third kappa shape index (κ3) is 3.47. The summed E-state index contributed by atoms with van der Waals surface area (Å²) in [5.74, 6) is 0. The zero-order valence-corrected chi connectivity index (χ0v) is 13.4. The Morgan fingerprint density at radius 1 is 1.05 bits per heavy atom. The van der Waals surface area contributed by atoms with Crippen molar-refractivity contribution in [3.8, 4) is 0 Å². The highest BCUT2D eigenvalue weighted by molar-refractivity contribution is 5.27. The summed E-state index contributed by atoms with van der Waals surface area (Å²) in [5.41, 5.74) is 1.87. The van der Waals surface area contributed by atoms with Gasteiger partial charge in [-0.05, 0) is 45.3 Å². The van der Waals surface area contributed by atoms with Gasteiger partial charge < -0.3 is 10.6 Å². The first-order valence-electron chi connectivity index (χ1n) is 8.43. The Kier molecular flexibility index (Phi) is 4.63. The number of hydrogen-bond acceptors (Lipinski definition) is 3. The lowest BCUT2D eigenvalue weighted by molar-refractivity contribution is 0.121. The molecule has 3 rings (SSSR count). The van der Waals surface area contributed by atoms with Crippen LogP contribution in [0.4, 0.5) is 0 Å². The van der Waals surface area contributed by atoms with E-state index in [0.29, 0.717) is 17.5 Å². The van der Waals surface area contributed by atoms with Gasteiger partial charge in [-0.1, -0.05) is 30.3 Å². The molecule has 0 aromatic heterocycles. The van der Waals surface area contributed by atoms with Crippen molar-refractivity contribution < 1.29 is 0 Å². The Balaban J connectivity index is 1.80. The molecule has 1 aromatic rings. The average molecular weight is 287 g/mol. The molecule has 2 unspecified atom stereocenters. The Labute approximate surface area is 129 Å². The minimum absolute atomic E-state index is 0.337. The maximum absolute atomic E-state index is 3.64. The quantitative estimate of drug-likeness (QED) is 0.890. The number of benzene rings is 1. The first-order valence-corrected chi connectivity index (χ1v) is 8.43. The monoisotopic (exact) mass is 287 g/mol. The van der Waals surface area contributed by atoms with Crippen molar-refractivity contribution in [2.45, 2.75) is 44.2 Å². The van der Waals surface area contributed by atoms with E-state index in [1.807, 2.05) is 0 Å². The molecule has 2 N–H and O–H groups in total. The molecule has 0 aliphatic carbocycles. The van der Waals surface area contributed by atoms with Crippen molar-refractivity contribution in [3.05, 3.63) is 35.9 Å². The minimum atomic E-state index is 0.337. The maximum atomic E-state index is 3.64. The fourth-order valence-electron chi connectivity index (χ4n) is 4.23. The normalized spacial score (nSPS) is 30.2. The van der Waals surface area contributed by atoms with Crippen LogP contribution in [0.25, 0.3) is 0 Å². The minimum Gasteiger partial charge on any atom is -0.317 e. The second-order valence-corrected chi connectivity index (χ2v) is 7.06. The van der Waals surface area contributed by atoms with Crippen LogP contribution >= 0.6 is 0 Å². The van der Waals surface area contributed by atoms with E-state index < -0.39 is 0 Å². The molecule has 2 fully saturated rings. The van der Waals surface area contributed by atoms with Crippen LogP contribution in [0.5, 0.6) is 0 Å². The van der Waals surface area contributed by atoms with Crippen LogP contribution in [0.2, 0.25) is 0 Å². The van der Waals surface area contributed by atoms with Crippen molar-refractivity contribution in [1.82, 2.24) is 15.5 Å². The number of piperidine rings is 1. The van der Waals surface area contributed by atoms with Gasteiger partial charge in [0.15, 0.2) is 0 Å². The summed E-state index contributed by atoms with van der Waals surface area (Å²) in [7, 11) is 0. The summed E-state index contributed by atoms with van der Waals surface area (Å²) in [6.45, 7) is 10.5. The van der Waals surface area contributed by atoms with E-state index >= 15 is 0 Å². The van der Waals surface area contributed by atoms with Crippen LogP contribution in [0.3, 0.4) is 0 Å². The number of piperazine rings is 1. The van der Waals surface area contributed by atoms with E-state index in [9.17, 15) is 0 Å². The zero-order chi connectivity index (χ0) is 14.7. The standard InChI is InChI=1S/C18H29N3/c1-15-12-21(13-16(2)20-15)14-18(8-10-19-11-9-18)17-6-4-3-5-7-17/h3-7,15-16,19-20H,8-14H2,1-2H3. The van der Waals surface area contributed by atoms with E-state index in [2.05, 4.69) is 59.7 Å². The van der Waals surface area contributed by atoms with E-state index in [-0.39, 0.29) is 0 Å². The zero-order valence-electron chi connectivity index (χ0n) is 13.4. The van der Waals surface area contributed by atoms with Crippen LogP contribution in [-0.2, 0) is 5.41 Å². The maximum Gasteiger partial charge on any atom is 0.0169 e. The highest BCUT2D eigenvalue weighted by Crippen LogP contribution is 2.34. The second-order valence-electron chi connectivity index (χ2n) is 7.06. The molecular formula is C18H29N3. The van der Waals surface area contributed by atoms with Gasteiger partial charge in [0.05, 0.1) is 0 Å². The predicted molar refractivity (Wildman–Crippen MR) is 88.7 cm³/mol. The molecule has 2 saturated heterocycles. The molecule has 3 heteroatoms. The molecule has 2 atom stereocenters. The van der Waals surface area contributed by atoms with Gasteiger partial charge in [-0.3, -0.25) is 4.90 Å². The highest BCUT2D eigenvalue weighted by atomic mass is 15.2. The molecule has 2 heterocycles. The summed E-state index contributed by atoms with van der Waals surface area (Å²) < 4.78 is 0. The number of rotatable bonds is 3. The van der Waals surface area contributed by atoms with E-state index in [4.69, 9.17) is 0 Å². The Morgan fingerprint density at radius 2 is 1.67 bits per heavy atom. The van der Waals surface area contributed by atoms with Crippen molar-refractivity contribution in [2.75, 3.05) is 32.7 Å². The Morgan fingerprint density at radius 3 is 2.29 bits per heavy atom. The van der Waals surface area contributed by atoms with Crippen LogP contribution in [0, 0.1) is 0 Å². The van der Waals surface area contributed by atoms with Gasteiger partial charge >= 0.3 is 0 Å². The van der Waals surface area contributed by atoms with Crippen LogP contribution in [-0.4, -0.2) is 49.7 Å². The van der Waals surface area contributed by atoms with Gasteiger partial charge in [0.1, 0.15) is 0 Å². The van der Waals surface area contributed by atoms with Crippen LogP contribution in [0.15, 0.2) is 30.3 Å². The molecular weight excluding hydrogens is 258 g/mol. The van der Waals surface area contributed by atoms with Gasteiger partial charge in [0, 0.05) is 37.1 Å². The van der Waals surface area contributed by atoms with Crippen LogP contribution in [0.1, 0.15) is 32.3 Å². The molecule has 116 valence electrons. The molecule has 0 spiro atoms. The van der Waals surface area contributed by atoms with Gasteiger partial charge in [-0.15, -0.1) is 0 Å². The Hall–Kier alpha value is -0.900. The molecule has 21 heavy (non-hydrogen) atoms. The lowest BCUT2D eigenvalue weighted by atomic mass is 9.72. The van der Waals surface area contributed by atoms with Gasteiger partial charge in [-0.25, -0.2) is 0 Å². The smallest absolute Gasteiger partial charge is 0.0169 e. The van der Waals surface area contributed by atoms with Crippen molar-refractivity contribution in [1.29, 1.82) is 0 Å². The average Bonchev–Trinajstić information content (AvgIpc) is 2.48. The fourth-order valence-corrected chi connectivity index (χ4v) is 4.23. The van der Waals surface area contributed by atoms with Gasteiger partial charge in [0.2, 0.25) is 0 Å². The molecule has 0 saturated carbocycles. The summed E-state index contributed by atoms with van der Waals surface area (Å²) in [4.78, 5) is 2.68. The highest BCUT2D eigenvalue weighted by Gasteiger charge is 2.36. The lowest BCUT2D eigenvalue weighted by Gasteiger charge is -2.45. The fraction of sp³-hybridized carbons (Fsp3) is 0.667. The lowest BCUT2D eigenvalue weighted by Crippen LogP contribution is -2.58. The summed E-state index contributed by atoms with van der Waals surface area (Å²) in [6.07, 6.45) is 2.51. The van der Waals surface area contributed by atoms with Gasteiger partial charge in [0.25, 0.3) is 0 Å². The number of nitrogens with one attached hydrogen (secondary N) is 2. The molecule has 0 amide bonds. The third-order valence-corrected chi connectivity index (χ3v) is 5.11. The van der Waals surface area contributed by atoms with E-state index in [1.165, 1.54) is 38.0 Å². The molecule has 2 aliphatic rings. The molecule has 0 radical (unpaired) electrons. The predicted octanol–water partition coefficient (Wildman–Crippen LogP) is 1.99.